The molecule has 3 nitrogen and oxygen atoms in total. The second kappa shape index (κ2) is 5.67. The number of aromatic amines is 1. The molecule has 1 aromatic heterocycles. The first-order chi connectivity index (χ1) is 10.5. The number of aromatic hydroxyl groups is 1. The van der Waals surface area contributed by atoms with Crippen LogP contribution in [0.1, 0.15) is 16.7 Å². The molecule has 2 N–H and O–H groups in total. The van der Waals surface area contributed by atoms with E-state index in [0.29, 0.717) is 32.9 Å². The molecule has 0 atom stereocenters. The molecule has 0 unspecified atom stereocenters. The fourth-order valence-corrected chi connectivity index (χ4v) is 2.93. The second-order valence-corrected chi connectivity index (χ2v) is 6.02. The fourth-order valence-electron chi connectivity index (χ4n) is 2.60. The zero-order valence-electron chi connectivity index (χ0n) is 11.8. The van der Waals surface area contributed by atoms with Crippen LogP contribution in [0.15, 0.2) is 41.2 Å². The Kier molecular flexibility index (Phi) is 3.85. The van der Waals surface area contributed by atoms with Gasteiger partial charge < -0.3 is 10.1 Å². The summed E-state index contributed by atoms with van der Waals surface area (Å²) < 4.78 is 0. The molecule has 22 heavy (non-hydrogen) atoms. The van der Waals surface area contributed by atoms with E-state index in [0.717, 1.165) is 11.1 Å². The molecule has 0 aliphatic rings. The third kappa shape index (κ3) is 2.58. The number of pyridine rings is 1. The van der Waals surface area contributed by atoms with Gasteiger partial charge in [-0.3, -0.25) is 4.79 Å². The molecule has 0 aliphatic carbocycles. The number of fused-ring (bicyclic) bond motifs is 1. The highest BCUT2D eigenvalue weighted by Gasteiger charge is 2.14. The summed E-state index contributed by atoms with van der Waals surface area (Å²) in [6.07, 6.45) is 0.459. The summed E-state index contributed by atoms with van der Waals surface area (Å²) in [7, 11) is 0. The first-order valence-electron chi connectivity index (χ1n) is 6.74. The van der Waals surface area contributed by atoms with Crippen molar-refractivity contribution in [2.24, 2.45) is 0 Å². The van der Waals surface area contributed by atoms with Gasteiger partial charge in [-0.25, -0.2) is 0 Å². The average molecular weight is 334 g/mol. The van der Waals surface area contributed by atoms with Crippen molar-refractivity contribution >= 4 is 34.1 Å². The number of aromatic nitrogens is 1. The second-order valence-electron chi connectivity index (χ2n) is 5.18. The topological polar surface area (TPSA) is 53.1 Å². The number of hydrogen-bond donors (Lipinski definition) is 2. The van der Waals surface area contributed by atoms with Crippen LogP contribution in [0.25, 0.3) is 10.9 Å². The molecule has 0 saturated heterocycles. The minimum Gasteiger partial charge on any atom is -0.507 e. The minimum absolute atomic E-state index is 0.102. The number of halogens is 2. The molecule has 0 fully saturated rings. The van der Waals surface area contributed by atoms with Gasteiger partial charge in [-0.2, -0.15) is 0 Å². The average Bonchev–Trinajstić information content (AvgIpc) is 2.49. The Labute approximate surface area is 137 Å². The monoisotopic (exact) mass is 333 g/mol. The Morgan fingerprint density at radius 1 is 1.09 bits per heavy atom. The highest BCUT2D eigenvalue weighted by atomic mass is 35.5. The summed E-state index contributed by atoms with van der Waals surface area (Å²) in [4.78, 5) is 15.1. The van der Waals surface area contributed by atoms with Gasteiger partial charge in [0, 0.05) is 22.4 Å². The van der Waals surface area contributed by atoms with Crippen LogP contribution < -0.4 is 5.56 Å². The number of phenols is 1. The van der Waals surface area contributed by atoms with Gasteiger partial charge in [0.05, 0.1) is 10.5 Å². The molecule has 0 spiro atoms. The van der Waals surface area contributed by atoms with Crippen LogP contribution in [0.3, 0.4) is 0 Å². The minimum atomic E-state index is -0.201. The van der Waals surface area contributed by atoms with Gasteiger partial charge >= 0.3 is 0 Å². The van der Waals surface area contributed by atoms with Crippen LogP contribution in [0, 0.1) is 6.92 Å². The lowest BCUT2D eigenvalue weighted by atomic mass is 9.98. The maximum absolute atomic E-state index is 12.4. The predicted molar refractivity (Wildman–Crippen MR) is 90.2 cm³/mol. The smallest absolute Gasteiger partial charge is 0.252 e. The van der Waals surface area contributed by atoms with Crippen molar-refractivity contribution < 1.29 is 5.11 Å². The van der Waals surface area contributed by atoms with Gasteiger partial charge in [-0.1, -0.05) is 35.3 Å². The zero-order chi connectivity index (χ0) is 15.9. The molecule has 112 valence electrons. The fraction of sp³-hybridized carbons (Fsp3) is 0.118. The van der Waals surface area contributed by atoms with E-state index in [4.69, 9.17) is 23.2 Å². The number of aryl methyl sites for hydroxylation is 1. The van der Waals surface area contributed by atoms with Crippen molar-refractivity contribution in [2.75, 3.05) is 0 Å². The Morgan fingerprint density at radius 3 is 2.45 bits per heavy atom. The van der Waals surface area contributed by atoms with Crippen molar-refractivity contribution in [3.05, 3.63) is 73.5 Å². The van der Waals surface area contributed by atoms with Crippen molar-refractivity contribution in [1.82, 2.24) is 4.98 Å². The first-order valence-corrected chi connectivity index (χ1v) is 7.50. The van der Waals surface area contributed by atoms with Crippen LogP contribution in [-0.2, 0) is 6.42 Å². The number of rotatable bonds is 2. The summed E-state index contributed by atoms with van der Waals surface area (Å²) in [5.41, 5.74) is 2.57. The first kappa shape index (κ1) is 14.9. The Hall–Kier alpha value is -1.97. The molecule has 0 amide bonds. The summed E-state index contributed by atoms with van der Waals surface area (Å²) in [5, 5.41) is 11.7. The van der Waals surface area contributed by atoms with Crippen LogP contribution in [-0.4, -0.2) is 10.1 Å². The molecule has 5 heteroatoms. The largest absolute Gasteiger partial charge is 0.507 e. The summed E-state index contributed by atoms with van der Waals surface area (Å²) in [6.45, 7) is 1.82. The van der Waals surface area contributed by atoms with Gasteiger partial charge in [0.15, 0.2) is 0 Å². The molecule has 0 bridgehead atoms. The molecular weight excluding hydrogens is 321 g/mol. The summed E-state index contributed by atoms with van der Waals surface area (Å²) in [6, 6.07) is 10.4. The van der Waals surface area contributed by atoms with Crippen molar-refractivity contribution in [3.63, 3.8) is 0 Å². The third-order valence-corrected chi connectivity index (χ3v) is 4.33. The van der Waals surface area contributed by atoms with Gasteiger partial charge in [-0.15, -0.1) is 0 Å². The highest BCUT2D eigenvalue weighted by molar-refractivity contribution is 6.35. The number of H-pyrrole nitrogens is 1. The van der Waals surface area contributed by atoms with Crippen LogP contribution in [0.5, 0.6) is 5.75 Å². The molecule has 0 radical (unpaired) electrons. The van der Waals surface area contributed by atoms with E-state index in [1.165, 1.54) is 6.07 Å². The lowest BCUT2D eigenvalue weighted by molar-refractivity contribution is 0.481. The van der Waals surface area contributed by atoms with Gasteiger partial charge in [-0.05, 0) is 42.3 Å². The molecule has 0 aliphatic heterocycles. The van der Waals surface area contributed by atoms with E-state index >= 15 is 0 Å². The quantitative estimate of drug-likeness (QED) is 0.728. The Morgan fingerprint density at radius 2 is 1.77 bits per heavy atom. The van der Waals surface area contributed by atoms with E-state index < -0.39 is 0 Å². The predicted octanol–water partition coefficient (Wildman–Crippen LogP) is 4.44. The normalized spacial score (nSPS) is 11.0. The molecule has 3 aromatic rings. The summed E-state index contributed by atoms with van der Waals surface area (Å²) in [5.74, 6) is 0.102. The van der Waals surface area contributed by atoms with E-state index in [9.17, 15) is 9.90 Å². The van der Waals surface area contributed by atoms with Crippen molar-refractivity contribution in [3.8, 4) is 5.75 Å². The van der Waals surface area contributed by atoms with E-state index in [1.807, 2.05) is 19.1 Å². The summed E-state index contributed by atoms with van der Waals surface area (Å²) >= 11 is 12.0. The number of benzene rings is 2. The lowest BCUT2D eigenvalue weighted by Gasteiger charge is -2.11. The number of phenolic OH excluding ortho intramolecular Hbond substituents is 1. The molecule has 1 heterocycles. The number of nitrogens with one attached hydrogen (secondary N) is 1. The van der Waals surface area contributed by atoms with Crippen LogP contribution in [0.2, 0.25) is 10.0 Å². The van der Waals surface area contributed by atoms with Gasteiger partial charge in [0.1, 0.15) is 5.75 Å². The van der Waals surface area contributed by atoms with Gasteiger partial charge in [0.2, 0.25) is 0 Å². The molecule has 0 saturated carbocycles. The zero-order valence-corrected chi connectivity index (χ0v) is 13.3. The maximum atomic E-state index is 12.4. The standard InChI is InChI=1S/C17H13Cl2NO2/c1-9-12(8-10-2-4-11(18)5-3-10)17(22)20-16-13(19)6-7-14(21)15(9)16/h2-7,21H,8H2,1H3,(H,20,22). The Balaban J connectivity index is 2.20. The Bertz CT molecular complexity index is 915. The maximum Gasteiger partial charge on any atom is 0.252 e. The van der Waals surface area contributed by atoms with E-state index in [1.54, 1.807) is 18.2 Å². The third-order valence-electron chi connectivity index (χ3n) is 3.77. The lowest BCUT2D eigenvalue weighted by Crippen LogP contribution is -2.15. The SMILES string of the molecule is Cc1c(Cc2ccc(Cl)cc2)c(=O)[nH]c2c(Cl)ccc(O)c12. The highest BCUT2D eigenvalue weighted by Crippen LogP contribution is 2.32. The van der Waals surface area contributed by atoms with Crippen LogP contribution >= 0.6 is 23.2 Å². The van der Waals surface area contributed by atoms with Crippen LogP contribution in [0.4, 0.5) is 0 Å². The van der Waals surface area contributed by atoms with Crippen molar-refractivity contribution in [1.29, 1.82) is 0 Å². The molecule has 3 rings (SSSR count). The van der Waals surface area contributed by atoms with Crippen molar-refractivity contribution in [2.45, 2.75) is 13.3 Å². The molecular formula is C17H13Cl2NO2. The number of hydrogen-bond acceptors (Lipinski definition) is 2. The van der Waals surface area contributed by atoms with Gasteiger partial charge in [0.25, 0.3) is 5.56 Å². The molecule has 2 aromatic carbocycles. The van der Waals surface area contributed by atoms with E-state index in [2.05, 4.69) is 4.98 Å². The van der Waals surface area contributed by atoms with E-state index in [-0.39, 0.29) is 11.3 Å².